The minimum Gasteiger partial charge on any atom is -0.496 e. The molecule has 1 aromatic heterocycles. The summed E-state index contributed by atoms with van der Waals surface area (Å²) in [4.78, 5) is 4.27. The average Bonchev–Trinajstić information content (AvgIpc) is 2.38. The molecule has 0 fully saturated rings. The minimum absolute atomic E-state index is 0.235. The number of aromatic nitrogens is 1. The molecule has 18 heavy (non-hydrogen) atoms. The van der Waals surface area contributed by atoms with Crippen molar-refractivity contribution >= 4 is 15.9 Å². The second-order valence-electron chi connectivity index (χ2n) is 4.10. The van der Waals surface area contributed by atoms with Crippen LogP contribution in [0.2, 0.25) is 0 Å². The molecular weight excluding hydrogens is 292 g/mol. The second kappa shape index (κ2) is 5.50. The van der Waals surface area contributed by atoms with Crippen molar-refractivity contribution in [2.75, 3.05) is 7.11 Å². The predicted octanol–water partition coefficient (Wildman–Crippen LogP) is 3.21. The number of hydrogen-bond acceptors (Lipinski definition) is 3. The first-order valence-electron chi connectivity index (χ1n) is 5.63. The number of aryl methyl sites for hydroxylation is 1. The van der Waals surface area contributed by atoms with E-state index in [1.807, 2.05) is 43.5 Å². The molecule has 94 valence electrons. The van der Waals surface area contributed by atoms with E-state index in [1.54, 1.807) is 7.11 Å². The van der Waals surface area contributed by atoms with Gasteiger partial charge in [0.15, 0.2) is 0 Å². The Morgan fingerprint density at radius 3 is 2.67 bits per heavy atom. The average molecular weight is 307 g/mol. The fraction of sp³-hybridized carbons (Fsp3) is 0.214. The van der Waals surface area contributed by atoms with E-state index in [0.717, 1.165) is 27.0 Å². The van der Waals surface area contributed by atoms with E-state index >= 15 is 0 Å². The molecule has 0 amide bonds. The van der Waals surface area contributed by atoms with E-state index in [-0.39, 0.29) is 6.04 Å². The molecule has 4 heteroatoms. The van der Waals surface area contributed by atoms with Gasteiger partial charge in [-0.1, -0.05) is 28.1 Å². The molecule has 1 unspecified atom stereocenters. The van der Waals surface area contributed by atoms with Crippen LogP contribution in [0.15, 0.2) is 41.0 Å². The third kappa shape index (κ3) is 2.71. The lowest BCUT2D eigenvalue weighted by Crippen LogP contribution is -2.13. The molecular formula is C14H15BrN2O. The van der Waals surface area contributed by atoms with Gasteiger partial charge < -0.3 is 10.5 Å². The summed E-state index contributed by atoms with van der Waals surface area (Å²) in [6.45, 7) is 1.95. The van der Waals surface area contributed by atoms with Gasteiger partial charge in [0.1, 0.15) is 5.75 Å². The first-order valence-corrected chi connectivity index (χ1v) is 6.42. The van der Waals surface area contributed by atoms with Gasteiger partial charge in [-0.15, -0.1) is 0 Å². The lowest BCUT2D eigenvalue weighted by Gasteiger charge is -2.16. The highest BCUT2D eigenvalue weighted by atomic mass is 79.9. The van der Waals surface area contributed by atoms with E-state index in [4.69, 9.17) is 10.5 Å². The third-order valence-corrected chi connectivity index (χ3v) is 3.32. The number of ether oxygens (including phenoxy) is 1. The maximum absolute atomic E-state index is 6.26. The van der Waals surface area contributed by atoms with Crippen LogP contribution in [0.1, 0.15) is 22.9 Å². The first kappa shape index (κ1) is 13.1. The standard InChI is InChI=1S/C14H15BrN2O/c1-9-3-4-10(8-17-9)14(16)12-6-5-11(15)7-13(12)18-2/h3-8,14H,16H2,1-2H3. The molecule has 2 rings (SSSR count). The molecule has 0 radical (unpaired) electrons. The Hall–Kier alpha value is -1.39. The number of nitrogens with two attached hydrogens (primary N) is 1. The third-order valence-electron chi connectivity index (χ3n) is 2.82. The summed E-state index contributed by atoms with van der Waals surface area (Å²) < 4.78 is 6.33. The Balaban J connectivity index is 2.39. The lowest BCUT2D eigenvalue weighted by atomic mass is 10.00. The molecule has 0 saturated carbocycles. The number of hydrogen-bond donors (Lipinski definition) is 1. The van der Waals surface area contributed by atoms with Crippen molar-refractivity contribution in [3.05, 3.63) is 57.8 Å². The Labute approximate surface area is 115 Å². The number of halogens is 1. The fourth-order valence-electron chi connectivity index (χ4n) is 1.78. The van der Waals surface area contributed by atoms with E-state index in [1.165, 1.54) is 0 Å². The summed E-state index contributed by atoms with van der Waals surface area (Å²) >= 11 is 3.42. The molecule has 0 aliphatic heterocycles. The molecule has 2 N–H and O–H groups in total. The minimum atomic E-state index is -0.235. The van der Waals surface area contributed by atoms with Crippen LogP contribution in [-0.4, -0.2) is 12.1 Å². The molecule has 0 saturated heterocycles. The van der Waals surface area contributed by atoms with Crippen LogP contribution in [0.4, 0.5) is 0 Å². The summed E-state index contributed by atoms with van der Waals surface area (Å²) in [6.07, 6.45) is 1.81. The van der Waals surface area contributed by atoms with Crippen LogP contribution >= 0.6 is 15.9 Å². The molecule has 0 aliphatic rings. The summed E-state index contributed by atoms with van der Waals surface area (Å²) in [7, 11) is 1.64. The predicted molar refractivity (Wildman–Crippen MR) is 75.7 cm³/mol. The van der Waals surface area contributed by atoms with Crippen LogP contribution in [0, 0.1) is 6.92 Å². The smallest absolute Gasteiger partial charge is 0.125 e. The van der Waals surface area contributed by atoms with Crippen molar-refractivity contribution in [1.82, 2.24) is 4.98 Å². The van der Waals surface area contributed by atoms with Gasteiger partial charge in [0.2, 0.25) is 0 Å². The molecule has 1 heterocycles. The largest absolute Gasteiger partial charge is 0.496 e. The molecule has 2 aromatic rings. The van der Waals surface area contributed by atoms with E-state index in [0.29, 0.717) is 0 Å². The Kier molecular flexibility index (Phi) is 3.99. The van der Waals surface area contributed by atoms with Crippen LogP contribution in [0.25, 0.3) is 0 Å². The van der Waals surface area contributed by atoms with Crippen LogP contribution < -0.4 is 10.5 Å². The molecule has 0 aliphatic carbocycles. The first-order chi connectivity index (χ1) is 8.61. The van der Waals surface area contributed by atoms with Gasteiger partial charge in [-0.2, -0.15) is 0 Å². The van der Waals surface area contributed by atoms with Gasteiger partial charge in [0, 0.05) is 21.9 Å². The highest BCUT2D eigenvalue weighted by Gasteiger charge is 2.14. The Morgan fingerprint density at radius 1 is 1.28 bits per heavy atom. The van der Waals surface area contributed by atoms with Crippen molar-refractivity contribution in [3.8, 4) is 5.75 Å². The summed E-state index contributed by atoms with van der Waals surface area (Å²) in [5.74, 6) is 0.775. The summed E-state index contributed by atoms with van der Waals surface area (Å²) in [5.41, 5.74) is 9.16. The summed E-state index contributed by atoms with van der Waals surface area (Å²) in [6, 6.07) is 9.56. The number of benzene rings is 1. The topological polar surface area (TPSA) is 48.1 Å². The van der Waals surface area contributed by atoms with Crippen molar-refractivity contribution in [1.29, 1.82) is 0 Å². The van der Waals surface area contributed by atoms with E-state index in [2.05, 4.69) is 20.9 Å². The molecule has 1 atom stereocenters. The summed E-state index contributed by atoms with van der Waals surface area (Å²) in [5, 5.41) is 0. The zero-order chi connectivity index (χ0) is 13.1. The Morgan fingerprint density at radius 2 is 2.06 bits per heavy atom. The van der Waals surface area contributed by atoms with Gasteiger partial charge in [-0.25, -0.2) is 0 Å². The van der Waals surface area contributed by atoms with Crippen LogP contribution in [0.5, 0.6) is 5.75 Å². The number of nitrogens with zero attached hydrogens (tertiary/aromatic N) is 1. The normalized spacial score (nSPS) is 12.2. The zero-order valence-electron chi connectivity index (χ0n) is 10.4. The van der Waals surface area contributed by atoms with Gasteiger partial charge >= 0.3 is 0 Å². The molecule has 3 nitrogen and oxygen atoms in total. The highest BCUT2D eigenvalue weighted by molar-refractivity contribution is 9.10. The van der Waals surface area contributed by atoms with Gasteiger partial charge in [-0.3, -0.25) is 4.98 Å². The van der Waals surface area contributed by atoms with Crippen LogP contribution in [-0.2, 0) is 0 Å². The molecule has 1 aromatic carbocycles. The van der Waals surface area contributed by atoms with Gasteiger partial charge in [0.05, 0.1) is 13.2 Å². The monoisotopic (exact) mass is 306 g/mol. The van der Waals surface area contributed by atoms with Crippen molar-refractivity contribution in [2.45, 2.75) is 13.0 Å². The second-order valence-corrected chi connectivity index (χ2v) is 5.01. The maximum atomic E-state index is 6.26. The molecule has 0 spiro atoms. The SMILES string of the molecule is COc1cc(Br)ccc1C(N)c1ccc(C)nc1. The number of methoxy groups -OCH3 is 1. The van der Waals surface area contributed by atoms with Crippen molar-refractivity contribution < 1.29 is 4.74 Å². The van der Waals surface area contributed by atoms with Crippen LogP contribution in [0.3, 0.4) is 0 Å². The van der Waals surface area contributed by atoms with Crippen molar-refractivity contribution in [2.24, 2.45) is 5.73 Å². The zero-order valence-corrected chi connectivity index (χ0v) is 11.9. The van der Waals surface area contributed by atoms with Gasteiger partial charge in [-0.05, 0) is 30.7 Å². The van der Waals surface area contributed by atoms with E-state index in [9.17, 15) is 0 Å². The number of pyridine rings is 1. The highest BCUT2D eigenvalue weighted by Crippen LogP contribution is 2.30. The van der Waals surface area contributed by atoms with Gasteiger partial charge in [0.25, 0.3) is 0 Å². The fourth-order valence-corrected chi connectivity index (χ4v) is 2.12. The quantitative estimate of drug-likeness (QED) is 0.947. The Bertz CT molecular complexity index is 540. The maximum Gasteiger partial charge on any atom is 0.125 e. The molecule has 0 bridgehead atoms. The lowest BCUT2D eigenvalue weighted by molar-refractivity contribution is 0.407. The van der Waals surface area contributed by atoms with Crippen molar-refractivity contribution in [3.63, 3.8) is 0 Å². The van der Waals surface area contributed by atoms with E-state index < -0.39 is 0 Å². The number of rotatable bonds is 3.